The highest BCUT2D eigenvalue weighted by molar-refractivity contribution is 6.07. The van der Waals surface area contributed by atoms with Gasteiger partial charge in [-0.05, 0) is 64.9 Å². The van der Waals surface area contributed by atoms with Gasteiger partial charge in [0.2, 0.25) is 0 Å². The van der Waals surface area contributed by atoms with E-state index < -0.39 is 0 Å². The van der Waals surface area contributed by atoms with E-state index in [4.69, 9.17) is 4.42 Å². The summed E-state index contributed by atoms with van der Waals surface area (Å²) in [4.78, 5) is 12.0. The van der Waals surface area contributed by atoms with Gasteiger partial charge in [0.25, 0.3) is 0 Å². The molecule has 0 amide bonds. The molecular formula is C23H19NO2. The van der Waals surface area contributed by atoms with Crippen molar-refractivity contribution in [3.05, 3.63) is 87.8 Å². The van der Waals surface area contributed by atoms with Crippen molar-refractivity contribution >= 4 is 27.4 Å². The fourth-order valence-electron chi connectivity index (χ4n) is 4.04. The number of hydrogen-bond donors (Lipinski definition) is 1. The van der Waals surface area contributed by atoms with Crippen LogP contribution in [0.1, 0.15) is 23.1 Å². The molecule has 0 saturated carbocycles. The maximum Gasteiger partial charge on any atom is 0.336 e. The van der Waals surface area contributed by atoms with Crippen molar-refractivity contribution in [1.29, 1.82) is 0 Å². The summed E-state index contributed by atoms with van der Waals surface area (Å²) in [5.74, 6) is 0. The first-order valence-corrected chi connectivity index (χ1v) is 9.08. The second-order valence-corrected chi connectivity index (χ2v) is 6.94. The predicted octanol–water partition coefficient (Wildman–Crippen LogP) is 5.05. The van der Waals surface area contributed by atoms with Gasteiger partial charge in [-0.1, -0.05) is 36.4 Å². The first kappa shape index (κ1) is 15.2. The van der Waals surface area contributed by atoms with Gasteiger partial charge in [0.05, 0.1) is 0 Å². The van der Waals surface area contributed by atoms with Crippen molar-refractivity contribution in [2.24, 2.45) is 0 Å². The van der Waals surface area contributed by atoms with Crippen LogP contribution in [0.5, 0.6) is 0 Å². The Balaban J connectivity index is 1.57. The van der Waals surface area contributed by atoms with E-state index >= 15 is 0 Å². The molecule has 1 aromatic heterocycles. The average Bonchev–Trinajstić information content (AvgIpc) is 3.13. The van der Waals surface area contributed by atoms with Gasteiger partial charge in [0, 0.05) is 23.7 Å². The predicted molar refractivity (Wildman–Crippen MR) is 106 cm³/mol. The molecule has 0 spiro atoms. The fraction of sp³-hybridized carbons (Fsp3) is 0.174. The van der Waals surface area contributed by atoms with Crippen LogP contribution in [0.2, 0.25) is 0 Å². The number of nitrogens with one attached hydrogen (secondary N) is 1. The molecule has 1 N–H and O–H groups in total. The maximum absolute atomic E-state index is 12.0. The van der Waals surface area contributed by atoms with E-state index in [1.807, 2.05) is 24.3 Å². The molecule has 0 aliphatic heterocycles. The molecule has 1 aliphatic carbocycles. The monoisotopic (exact) mass is 341 g/mol. The largest absolute Gasteiger partial charge is 0.423 e. The highest BCUT2D eigenvalue weighted by Gasteiger charge is 2.12. The molecule has 0 atom stereocenters. The maximum atomic E-state index is 12.0. The van der Waals surface area contributed by atoms with Crippen LogP contribution >= 0.6 is 0 Å². The zero-order chi connectivity index (χ0) is 17.5. The lowest BCUT2D eigenvalue weighted by Gasteiger charge is -2.12. The lowest BCUT2D eigenvalue weighted by molar-refractivity contribution is 0.559. The van der Waals surface area contributed by atoms with E-state index in [2.05, 4.69) is 35.6 Å². The highest BCUT2D eigenvalue weighted by atomic mass is 16.4. The topological polar surface area (TPSA) is 42.2 Å². The zero-order valence-corrected chi connectivity index (χ0v) is 14.4. The molecule has 0 fully saturated rings. The summed E-state index contributed by atoms with van der Waals surface area (Å²) < 4.78 is 5.44. The number of aryl methyl sites for hydroxylation is 2. The Morgan fingerprint density at radius 1 is 0.923 bits per heavy atom. The van der Waals surface area contributed by atoms with Crippen molar-refractivity contribution in [3.8, 4) is 0 Å². The van der Waals surface area contributed by atoms with E-state index in [1.54, 1.807) is 6.07 Å². The van der Waals surface area contributed by atoms with Crippen LogP contribution in [0.25, 0.3) is 21.7 Å². The van der Waals surface area contributed by atoms with Gasteiger partial charge in [0.1, 0.15) is 5.58 Å². The van der Waals surface area contributed by atoms with Crippen LogP contribution in [0.4, 0.5) is 5.69 Å². The molecule has 5 rings (SSSR count). The summed E-state index contributed by atoms with van der Waals surface area (Å²) >= 11 is 0. The van der Waals surface area contributed by atoms with Gasteiger partial charge < -0.3 is 9.73 Å². The Bertz CT molecular complexity index is 1190. The molecule has 0 saturated heterocycles. The molecule has 1 aliphatic rings. The molecule has 3 aromatic carbocycles. The summed E-state index contributed by atoms with van der Waals surface area (Å²) in [5, 5.41) is 6.76. The van der Waals surface area contributed by atoms with Crippen molar-refractivity contribution < 1.29 is 4.42 Å². The Kier molecular flexibility index (Phi) is 3.52. The quantitative estimate of drug-likeness (QED) is 0.419. The summed E-state index contributed by atoms with van der Waals surface area (Å²) in [6, 6.07) is 20.3. The first-order valence-electron chi connectivity index (χ1n) is 9.08. The van der Waals surface area contributed by atoms with Crippen LogP contribution in [0.3, 0.4) is 0 Å². The molecule has 128 valence electrons. The Labute approximate surface area is 151 Å². The van der Waals surface area contributed by atoms with Crippen LogP contribution in [0, 0.1) is 0 Å². The van der Waals surface area contributed by atoms with E-state index in [1.165, 1.54) is 24.0 Å². The van der Waals surface area contributed by atoms with Gasteiger partial charge in [-0.15, -0.1) is 0 Å². The van der Waals surface area contributed by atoms with Crippen molar-refractivity contribution in [2.45, 2.75) is 25.8 Å². The number of rotatable bonds is 3. The molecule has 0 radical (unpaired) electrons. The third-order valence-electron chi connectivity index (χ3n) is 5.30. The number of benzene rings is 3. The minimum Gasteiger partial charge on any atom is -0.423 e. The average molecular weight is 341 g/mol. The summed E-state index contributed by atoms with van der Waals surface area (Å²) in [6.45, 7) is 0.592. The minimum atomic E-state index is -0.307. The molecular weight excluding hydrogens is 322 g/mol. The molecule has 1 heterocycles. The molecule has 3 nitrogen and oxygen atoms in total. The fourth-order valence-corrected chi connectivity index (χ4v) is 4.04. The van der Waals surface area contributed by atoms with Crippen molar-refractivity contribution in [1.82, 2.24) is 0 Å². The van der Waals surface area contributed by atoms with Gasteiger partial charge in [0.15, 0.2) is 0 Å². The highest BCUT2D eigenvalue weighted by Crippen LogP contribution is 2.29. The standard InChI is InChI=1S/C23H19NO2/c25-22-13-18(14-24-19-10-8-15-5-3-6-17(15)12-19)23-20-7-2-1-4-16(20)9-11-21(23)26-22/h1-2,4,7-13,24H,3,5-6,14H2. The Hall–Kier alpha value is -3.07. The van der Waals surface area contributed by atoms with E-state index in [9.17, 15) is 4.79 Å². The zero-order valence-electron chi connectivity index (χ0n) is 14.4. The SMILES string of the molecule is O=c1cc(CNc2ccc3c(c2)CCC3)c2c(ccc3ccccc32)o1. The van der Waals surface area contributed by atoms with Gasteiger partial charge in [-0.3, -0.25) is 0 Å². The van der Waals surface area contributed by atoms with Crippen LogP contribution in [0.15, 0.2) is 69.9 Å². The van der Waals surface area contributed by atoms with E-state index in [0.717, 1.165) is 33.8 Å². The van der Waals surface area contributed by atoms with E-state index in [0.29, 0.717) is 12.1 Å². The second kappa shape index (κ2) is 6.03. The van der Waals surface area contributed by atoms with Crippen LogP contribution in [-0.4, -0.2) is 0 Å². The Morgan fingerprint density at radius 3 is 2.77 bits per heavy atom. The molecule has 0 unspecified atom stereocenters. The van der Waals surface area contributed by atoms with Crippen molar-refractivity contribution in [2.75, 3.05) is 5.32 Å². The smallest absolute Gasteiger partial charge is 0.336 e. The van der Waals surface area contributed by atoms with Crippen LogP contribution in [-0.2, 0) is 19.4 Å². The third kappa shape index (κ3) is 2.57. The number of fused-ring (bicyclic) bond motifs is 4. The minimum absolute atomic E-state index is 0.307. The number of anilines is 1. The third-order valence-corrected chi connectivity index (χ3v) is 5.30. The Morgan fingerprint density at radius 2 is 1.81 bits per heavy atom. The molecule has 3 heteroatoms. The molecule has 0 bridgehead atoms. The second-order valence-electron chi connectivity index (χ2n) is 6.94. The normalized spacial score (nSPS) is 13.2. The van der Waals surface area contributed by atoms with Gasteiger partial charge in [-0.2, -0.15) is 0 Å². The van der Waals surface area contributed by atoms with Crippen molar-refractivity contribution in [3.63, 3.8) is 0 Å². The van der Waals surface area contributed by atoms with E-state index in [-0.39, 0.29) is 5.63 Å². The van der Waals surface area contributed by atoms with Gasteiger partial charge in [-0.25, -0.2) is 4.79 Å². The van der Waals surface area contributed by atoms with Gasteiger partial charge >= 0.3 is 5.63 Å². The number of hydrogen-bond acceptors (Lipinski definition) is 3. The summed E-state index contributed by atoms with van der Waals surface area (Å²) in [7, 11) is 0. The summed E-state index contributed by atoms with van der Waals surface area (Å²) in [6.07, 6.45) is 3.59. The lowest BCUT2D eigenvalue weighted by atomic mass is 10.0. The summed E-state index contributed by atoms with van der Waals surface area (Å²) in [5.41, 5.74) is 5.31. The molecule has 4 aromatic rings. The molecule has 26 heavy (non-hydrogen) atoms. The lowest BCUT2D eigenvalue weighted by Crippen LogP contribution is -2.06. The van der Waals surface area contributed by atoms with Crippen LogP contribution < -0.4 is 10.9 Å². The first-order chi connectivity index (χ1) is 12.8.